The Balaban J connectivity index is 2.81. The Hall–Kier alpha value is -0.660. The summed E-state index contributed by atoms with van der Waals surface area (Å²) in [6, 6.07) is 9.45. The summed E-state index contributed by atoms with van der Waals surface area (Å²) in [5.74, 6) is 0.210. The number of benzene rings is 1. The highest BCUT2D eigenvalue weighted by atomic mass is 79.9. The molecule has 2 unspecified atom stereocenters. The minimum Gasteiger partial charge on any atom is -0.254 e. The highest BCUT2D eigenvalue weighted by Crippen LogP contribution is 2.20. The maximum absolute atomic E-state index is 11.8. The lowest BCUT2D eigenvalue weighted by Gasteiger charge is -2.04. The summed E-state index contributed by atoms with van der Waals surface area (Å²) in [6.45, 7) is 1.77. The van der Waals surface area contributed by atoms with Gasteiger partial charge in [0, 0.05) is 10.2 Å². The standard InChI is InChI=1S/C10H10BrNOS/c1-8(6-12)7-14(13)10-5-3-2-4-9(10)11/h2-5,8H,7H2,1H3. The van der Waals surface area contributed by atoms with E-state index in [0.717, 1.165) is 9.37 Å². The van der Waals surface area contributed by atoms with E-state index in [9.17, 15) is 4.21 Å². The summed E-state index contributed by atoms with van der Waals surface area (Å²) >= 11 is 3.33. The van der Waals surface area contributed by atoms with Crippen molar-refractivity contribution >= 4 is 26.7 Å². The van der Waals surface area contributed by atoms with E-state index >= 15 is 0 Å². The van der Waals surface area contributed by atoms with Gasteiger partial charge < -0.3 is 0 Å². The zero-order valence-electron chi connectivity index (χ0n) is 7.74. The van der Waals surface area contributed by atoms with Crippen LogP contribution >= 0.6 is 15.9 Å². The van der Waals surface area contributed by atoms with Crippen molar-refractivity contribution in [3.05, 3.63) is 28.7 Å². The first-order valence-electron chi connectivity index (χ1n) is 4.17. The topological polar surface area (TPSA) is 40.9 Å². The first-order valence-corrected chi connectivity index (χ1v) is 6.29. The van der Waals surface area contributed by atoms with Crippen LogP contribution in [0.2, 0.25) is 0 Å². The van der Waals surface area contributed by atoms with Crippen LogP contribution in [0.4, 0.5) is 0 Å². The molecule has 0 heterocycles. The lowest BCUT2D eigenvalue weighted by molar-refractivity contribution is 0.676. The molecule has 0 aliphatic carbocycles. The van der Waals surface area contributed by atoms with Crippen molar-refractivity contribution in [2.75, 3.05) is 5.75 Å². The fourth-order valence-electron chi connectivity index (χ4n) is 0.983. The fourth-order valence-corrected chi connectivity index (χ4v) is 3.03. The largest absolute Gasteiger partial charge is 0.254 e. The molecule has 4 heteroatoms. The second-order valence-corrected chi connectivity index (χ2v) is 5.29. The quantitative estimate of drug-likeness (QED) is 0.848. The predicted molar refractivity (Wildman–Crippen MR) is 60.2 cm³/mol. The molecule has 0 radical (unpaired) electrons. The summed E-state index contributed by atoms with van der Waals surface area (Å²) in [5.41, 5.74) is 0. The average Bonchev–Trinajstić information content (AvgIpc) is 2.18. The molecule has 1 aromatic rings. The maximum Gasteiger partial charge on any atom is 0.0662 e. The Morgan fingerprint density at radius 2 is 2.21 bits per heavy atom. The van der Waals surface area contributed by atoms with Gasteiger partial charge in [0.2, 0.25) is 0 Å². The molecule has 1 aromatic carbocycles. The van der Waals surface area contributed by atoms with Gasteiger partial charge in [0.25, 0.3) is 0 Å². The van der Waals surface area contributed by atoms with Crippen LogP contribution in [-0.2, 0) is 10.8 Å². The van der Waals surface area contributed by atoms with E-state index in [1.807, 2.05) is 24.3 Å². The van der Waals surface area contributed by atoms with Crippen LogP contribution < -0.4 is 0 Å². The maximum atomic E-state index is 11.8. The van der Waals surface area contributed by atoms with Crippen molar-refractivity contribution in [1.29, 1.82) is 5.26 Å². The zero-order valence-corrected chi connectivity index (χ0v) is 10.1. The van der Waals surface area contributed by atoms with Crippen molar-refractivity contribution in [1.82, 2.24) is 0 Å². The highest BCUT2D eigenvalue weighted by Gasteiger charge is 2.11. The van der Waals surface area contributed by atoms with Crippen molar-refractivity contribution in [3.63, 3.8) is 0 Å². The predicted octanol–water partition coefficient (Wildman–Crippen LogP) is 2.72. The Labute approximate surface area is 94.5 Å². The van der Waals surface area contributed by atoms with Gasteiger partial charge >= 0.3 is 0 Å². The van der Waals surface area contributed by atoms with Crippen LogP contribution in [0.25, 0.3) is 0 Å². The van der Waals surface area contributed by atoms with Crippen molar-refractivity contribution < 1.29 is 4.21 Å². The van der Waals surface area contributed by atoms with Gasteiger partial charge in [0.15, 0.2) is 0 Å². The highest BCUT2D eigenvalue weighted by molar-refractivity contribution is 9.10. The number of nitriles is 1. The second kappa shape index (κ2) is 5.28. The molecule has 0 aromatic heterocycles. The van der Waals surface area contributed by atoms with Crippen LogP contribution in [0.15, 0.2) is 33.6 Å². The van der Waals surface area contributed by atoms with E-state index in [4.69, 9.17) is 5.26 Å². The Morgan fingerprint density at radius 3 is 2.79 bits per heavy atom. The van der Waals surface area contributed by atoms with Gasteiger partial charge in [-0.1, -0.05) is 12.1 Å². The lowest BCUT2D eigenvalue weighted by atomic mass is 10.3. The molecule has 2 atom stereocenters. The summed E-state index contributed by atoms with van der Waals surface area (Å²) in [6.07, 6.45) is 0. The number of halogens is 1. The molecular formula is C10H10BrNOS. The smallest absolute Gasteiger partial charge is 0.0662 e. The minimum atomic E-state index is -1.09. The second-order valence-electron chi connectivity index (χ2n) is 2.97. The molecule has 74 valence electrons. The van der Waals surface area contributed by atoms with Crippen LogP contribution in [0.3, 0.4) is 0 Å². The van der Waals surface area contributed by atoms with Gasteiger partial charge in [-0.25, -0.2) is 0 Å². The monoisotopic (exact) mass is 271 g/mol. The fraction of sp³-hybridized carbons (Fsp3) is 0.300. The van der Waals surface area contributed by atoms with E-state index in [1.54, 1.807) is 6.92 Å². The SMILES string of the molecule is CC(C#N)CS(=O)c1ccccc1Br. The van der Waals surface area contributed by atoms with Crippen LogP contribution in [0.1, 0.15) is 6.92 Å². The van der Waals surface area contributed by atoms with Gasteiger partial charge in [0.05, 0.1) is 27.7 Å². The van der Waals surface area contributed by atoms with Crippen LogP contribution in [-0.4, -0.2) is 9.96 Å². The molecule has 0 bridgehead atoms. The van der Waals surface area contributed by atoms with Crippen LogP contribution in [0.5, 0.6) is 0 Å². The third-order valence-corrected chi connectivity index (χ3v) is 4.31. The van der Waals surface area contributed by atoms with E-state index in [2.05, 4.69) is 22.0 Å². The molecule has 0 saturated carbocycles. The van der Waals surface area contributed by atoms with Crippen molar-refractivity contribution in [2.45, 2.75) is 11.8 Å². The molecule has 0 saturated heterocycles. The average molecular weight is 272 g/mol. The van der Waals surface area contributed by atoms with Gasteiger partial charge in [-0.3, -0.25) is 4.21 Å². The van der Waals surface area contributed by atoms with Gasteiger partial charge in [-0.15, -0.1) is 0 Å². The normalized spacial score (nSPS) is 14.4. The Kier molecular flexibility index (Phi) is 4.30. The summed E-state index contributed by atoms with van der Waals surface area (Å²) in [7, 11) is -1.09. The number of nitrogens with zero attached hydrogens (tertiary/aromatic N) is 1. The molecular weight excluding hydrogens is 262 g/mol. The minimum absolute atomic E-state index is 0.178. The van der Waals surface area contributed by atoms with E-state index < -0.39 is 10.8 Å². The van der Waals surface area contributed by atoms with Crippen molar-refractivity contribution in [3.8, 4) is 6.07 Å². The molecule has 0 N–H and O–H groups in total. The first kappa shape index (κ1) is 11.4. The molecule has 0 spiro atoms. The van der Waals surface area contributed by atoms with Gasteiger partial charge in [0.1, 0.15) is 0 Å². The molecule has 0 amide bonds. The first-order chi connectivity index (χ1) is 6.65. The van der Waals surface area contributed by atoms with Crippen molar-refractivity contribution in [2.24, 2.45) is 5.92 Å². The third kappa shape index (κ3) is 2.93. The third-order valence-electron chi connectivity index (χ3n) is 1.70. The zero-order chi connectivity index (χ0) is 10.6. The molecule has 0 aliphatic heterocycles. The van der Waals surface area contributed by atoms with Gasteiger partial charge in [-0.05, 0) is 35.0 Å². The van der Waals surface area contributed by atoms with E-state index in [1.165, 1.54) is 0 Å². The molecule has 1 rings (SSSR count). The molecule has 0 fully saturated rings. The summed E-state index contributed by atoms with van der Waals surface area (Å²) < 4.78 is 12.6. The summed E-state index contributed by atoms with van der Waals surface area (Å²) in [5, 5.41) is 8.60. The number of rotatable bonds is 3. The lowest BCUT2D eigenvalue weighted by Crippen LogP contribution is -2.06. The number of hydrogen-bond acceptors (Lipinski definition) is 2. The molecule has 14 heavy (non-hydrogen) atoms. The Morgan fingerprint density at radius 1 is 1.57 bits per heavy atom. The Bertz CT molecular complexity index is 386. The molecule has 0 aliphatic rings. The number of hydrogen-bond donors (Lipinski definition) is 0. The summed E-state index contributed by atoms with van der Waals surface area (Å²) in [4.78, 5) is 0.759. The molecule has 2 nitrogen and oxygen atoms in total. The van der Waals surface area contributed by atoms with Crippen LogP contribution in [0, 0.1) is 17.2 Å². The van der Waals surface area contributed by atoms with E-state index in [-0.39, 0.29) is 5.92 Å². The van der Waals surface area contributed by atoms with E-state index in [0.29, 0.717) is 5.75 Å². The van der Waals surface area contributed by atoms with Gasteiger partial charge in [-0.2, -0.15) is 5.26 Å².